The lowest BCUT2D eigenvalue weighted by Crippen LogP contribution is -2.41. The summed E-state index contributed by atoms with van der Waals surface area (Å²) in [5.74, 6) is 0.541. The van der Waals surface area contributed by atoms with Crippen LogP contribution in [0.5, 0.6) is 0 Å². The molecule has 134 valence electrons. The van der Waals surface area contributed by atoms with Crippen LogP contribution < -0.4 is 5.32 Å². The van der Waals surface area contributed by atoms with Gasteiger partial charge in [0, 0.05) is 25.7 Å². The summed E-state index contributed by atoms with van der Waals surface area (Å²) in [7, 11) is 0. The molecule has 0 radical (unpaired) electrons. The fraction of sp³-hybridized carbons (Fsp3) is 0.364. The van der Waals surface area contributed by atoms with E-state index in [1.807, 2.05) is 35.2 Å². The number of piperidine rings is 1. The number of hydrogen-bond acceptors (Lipinski definition) is 2. The van der Waals surface area contributed by atoms with E-state index in [0.29, 0.717) is 12.5 Å². The van der Waals surface area contributed by atoms with E-state index in [1.54, 1.807) is 6.92 Å². The Morgan fingerprint density at radius 2 is 1.77 bits per heavy atom. The summed E-state index contributed by atoms with van der Waals surface area (Å²) in [5.41, 5.74) is 3.10. The van der Waals surface area contributed by atoms with E-state index in [9.17, 15) is 9.59 Å². The Labute approximate surface area is 154 Å². The van der Waals surface area contributed by atoms with Gasteiger partial charge in [-0.1, -0.05) is 42.5 Å². The molecular weight excluding hydrogens is 324 g/mol. The van der Waals surface area contributed by atoms with Gasteiger partial charge >= 0.3 is 0 Å². The van der Waals surface area contributed by atoms with Crippen LogP contribution in [0.3, 0.4) is 0 Å². The van der Waals surface area contributed by atoms with Gasteiger partial charge in [0.2, 0.25) is 11.8 Å². The Bertz CT molecular complexity index is 816. The Hall–Kier alpha value is -2.62. The standard InChI is InChI=1S/C22H24N2O2/c1-16(25)24-12-11-22(14-19(22)15-24)21(26)23-20-9-7-18(8-10-20)13-17-5-3-2-4-6-17/h2-10,19H,11-15H2,1H3,(H,23,26)/t19-,22-/m1/s1. The second-order valence-corrected chi connectivity index (χ2v) is 7.59. The number of likely N-dealkylation sites (tertiary alicyclic amines) is 1. The van der Waals surface area contributed by atoms with Crippen LogP contribution in [0.15, 0.2) is 54.6 Å². The molecular formula is C22H24N2O2. The zero-order chi connectivity index (χ0) is 18.1. The van der Waals surface area contributed by atoms with Crippen molar-refractivity contribution in [2.75, 3.05) is 18.4 Å². The van der Waals surface area contributed by atoms with Crippen molar-refractivity contribution in [1.29, 1.82) is 0 Å². The molecule has 2 aromatic rings. The van der Waals surface area contributed by atoms with E-state index in [4.69, 9.17) is 0 Å². The van der Waals surface area contributed by atoms with E-state index < -0.39 is 0 Å². The van der Waals surface area contributed by atoms with Crippen molar-refractivity contribution in [3.63, 3.8) is 0 Å². The smallest absolute Gasteiger partial charge is 0.231 e. The third kappa shape index (κ3) is 3.24. The maximum absolute atomic E-state index is 12.8. The summed E-state index contributed by atoms with van der Waals surface area (Å²) in [5, 5.41) is 3.09. The minimum atomic E-state index is -0.255. The number of fused-ring (bicyclic) bond motifs is 1. The van der Waals surface area contributed by atoms with E-state index in [0.717, 1.165) is 31.5 Å². The van der Waals surface area contributed by atoms with Crippen molar-refractivity contribution < 1.29 is 9.59 Å². The number of nitrogens with one attached hydrogen (secondary N) is 1. The largest absolute Gasteiger partial charge is 0.343 e. The predicted octanol–water partition coefficient (Wildman–Crippen LogP) is 3.47. The Morgan fingerprint density at radius 3 is 2.42 bits per heavy atom. The molecule has 1 N–H and O–H groups in total. The van der Waals surface area contributed by atoms with Crippen LogP contribution in [-0.4, -0.2) is 29.8 Å². The zero-order valence-electron chi connectivity index (χ0n) is 15.1. The molecule has 2 amide bonds. The van der Waals surface area contributed by atoms with Gasteiger partial charge in [-0.05, 0) is 48.4 Å². The van der Waals surface area contributed by atoms with Gasteiger partial charge < -0.3 is 10.2 Å². The summed E-state index contributed by atoms with van der Waals surface area (Å²) in [4.78, 5) is 26.1. The van der Waals surface area contributed by atoms with Crippen LogP contribution in [0.2, 0.25) is 0 Å². The van der Waals surface area contributed by atoms with E-state index in [-0.39, 0.29) is 17.2 Å². The highest BCUT2D eigenvalue weighted by molar-refractivity contribution is 5.98. The summed E-state index contributed by atoms with van der Waals surface area (Å²) >= 11 is 0. The molecule has 1 saturated carbocycles. The first-order valence-corrected chi connectivity index (χ1v) is 9.27. The first kappa shape index (κ1) is 16.8. The van der Waals surface area contributed by atoms with Crippen LogP contribution in [0, 0.1) is 11.3 Å². The monoisotopic (exact) mass is 348 g/mol. The number of rotatable bonds is 4. The fourth-order valence-electron chi connectivity index (χ4n) is 4.09. The molecule has 2 aromatic carbocycles. The minimum Gasteiger partial charge on any atom is -0.343 e. The molecule has 1 aliphatic heterocycles. The van der Waals surface area contributed by atoms with Crippen molar-refractivity contribution in [3.05, 3.63) is 65.7 Å². The molecule has 26 heavy (non-hydrogen) atoms. The lowest BCUT2D eigenvalue weighted by molar-refractivity contribution is -0.132. The number of benzene rings is 2. The lowest BCUT2D eigenvalue weighted by atomic mass is 9.94. The second-order valence-electron chi connectivity index (χ2n) is 7.59. The zero-order valence-corrected chi connectivity index (χ0v) is 15.1. The van der Waals surface area contributed by atoms with Crippen LogP contribution >= 0.6 is 0 Å². The molecule has 4 rings (SSSR count). The molecule has 2 atom stereocenters. The van der Waals surface area contributed by atoms with Crippen molar-refractivity contribution in [1.82, 2.24) is 4.90 Å². The first-order valence-electron chi connectivity index (χ1n) is 9.27. The summed E-state index contributed by atoms with van der Waals surface area (Å²) < 4.78 is 0. The van der Waals surface area contributed by atoms with Gasteiger partial charge in [-0.15, -0.1) is 0 Å². The van der Waals surface area contributed by atoms with Gasteiger partial charge in [0.1, 0.15) is 0 Å². The molecule has 0 bridgehead atoms. The highest BCUT2D eigenvalue weighted by Crippen LogP contribution is 2.58. The molecule has 1 heterocycles. The Morgan fingerprint density at radius 1 is 1.08 bits per heavy atom. The molecule has 1 aliphatic carbocycles. The average Bonchev–Trinajstić information content (AvgIpc) is 3.39. The van der Waals surface area contributed by atoms with Crippen molar-refractivity contribution >= 4 is 17.5 Å². The van der Waals surface area contributed by atoms with E-state index >= 15 is 0 Å². The van der Waals surface area contributed by atoms with E-state index in [1.165, 1.54) is 11.1 Å². The molecule has 2 aliphatic rings. The van der Waals surface area contributed by atoms with Crippen molar-refractivity contribution in [2.24, 2.45) is 11.3 Å². The predicted molar refractivity (Wildman–Crippen MR) is 102 cm³/mol. The number of carbonyl (C=O) groups is 2. The van der Waals surface area contributed by atoms with Gasteiger partial charge in [-0.25, -0.2) is 0 Å². The molecule has 0 unspecified atom stereocenters. The van der Waals surface area contributed by atoms with Gasteiger partial charge in [0.15, 0.2) is 0 Å². The third-order valence-electron chi connectivity index (χ3n) is 5.86. The topological polar surface area (TPSA) is 49.4 Å². The SMILES string of the molecule is CC(=O)N1CC[C@@]2(C(=O)Nc3ccc(Cc4ccccc4)cc3)C[C@@H]2C1. The second kappa shape index (κ2) is 6.60. The maximum atomic E-state index is 12.8. The van der Waals surface area contributed by atoms with Gasteiger partial charge in [0.05, 0.1) is 5.41 Å². The van der Waals surface area contributed by atoms with Gasteiger partial charge in [0.25, 0.3) is 0 Å². The Kier molecular flexibility index (Phi) is 4.27. The van der Waals surface area contributed by atoms with Crippen LogP contribution in [0.1, 0.15) is 30.9 Å². The quantitative estimate of drug-likeness (QED) is 0.920. The van der Waals surface area contributed by atoms with Gasteiger partial charge in [-0.2, -0.15) is 0 Å². The number of nitrogens with zero attached hydrogens (tertiary/aromatic N) is 1. The molecule has 2 fully saturated rings. The third-order valence-corrected chi connectivity index (χ3v) is 5.86. The fourth-order valence-corrected chi connectivity index (χ4v) is 4.09. The van der Waals surface area contributed by atoms with Crippen molar-refractivity contribution in [2.45, 2.75) is 26.2 Å². The van der Waals surface area contributed by atoms with Gasteiger partial charge in [-0.3, -0.25) is 9.59 Å². The summed E-state index contributed by atoms with van der Waals surface area (Å²) in [6.07, 6.45) is 2.56. The van der Waals surface area contributed by atoms with Crippen molar-refractivity contribution in [3.8, 4) is 0 Å². The summed E-state index contributed by atoms with van der Waals surface area (Å²) in [6.45, 7) is 3.01. The average molecular weight is 348 g/mol. The summed E-state index contributed by atoms with van der Waals surface area (Å²) in [6, 6.07) is 18.5. The molecule has 0 aromatic heterocycles. The highest BCUT2D eigenvalue weighted by Gasteiger charge is 2.61. The molecule has 1 saturated heterocycles. The molecule has 4 nitrogen and oxygen atoms in total. The number of carbonyl (C=O) groups excluding carboxylic acids is 2. The first-order chi connectivity index (χ1) is 12.6. The molecule has 4 heteroatoms. The molecule has 0 spiro atoms. The number of amides is 2. The van der Waals surface area contributed by atoms with Crippen LogP contribution in [0.4, 0.5) is 5.69 Å². The van der Waals surface area contributed by atoms with Crippen LogP contribution in [0.25, 0.3) is 0 Å². The maximum Gasteiger partial charge on any atom is 0.231 e. The van der Waals surface area contributed by atoms with E-state index in [2.05, 4.69) is 29.6 Å². The van der Waals surface area contributed by atoms with Crippen LogP contribution in [-0.2, 0) is 16.0 Å². The normalized spacial score (nSPS) is 23.9. The lowest BCUT2D eigenvalue weighted by Gasteiger charge is -2.30. The number of anilines is 1. The Balaban J connectivity index is 1.36. The minimum absolute atomic E-state index is 0.111. The number of hydrogen-bond donors (Lipinski definition) is 1. The highest BCUT2D eigenvalue weighted by atomic mass is 16.2.